The van der Waals surface area contributed by atoms with Crippen LogP contribution in [0.4, 0.5) is 11.4 Å². The van der Waals surface area contributed by atoms with Crippen LogP contribution >= 0.6 is 0 Å². The molecule has 0 amide bonds. The molecule has 30 heavy (non-hydrogen) atoms. The van der Waals surface area contributed by atoms with Gasteiger partial charge in [0.05, 0.1) is 55.5 Å². The van der Waals surface area contributed by atoms with Crippen LogP contribution in [-0.2, 0) is 4.74 Å². The Morgan fingerprint density at radius 3 is 2.57 bits per heavy atom. The molecule has 0 spiro atoms. The van der Waals surface area contributed by atoms with E-state index in [1.165, 1.54) is 12.8 Å². The first-order chi connectivity index (χ1) is 14.6. The van der Waals surface area contributed by atoms with Crippen molar-refractivity contribution in [1.29, 1.82) is 0 Å². The van der Waals surface area contributed by atoms with E-state index in [4.69, 9.17) is 11.3 Å². The molecule has 3 fully saturated rings. The summed E-state index contributed by atoms with van der Waals surface area (Å²) in [6, 6.07) is 4.65. The van der Waals surface area contributed by atoms with E-state index in [-0.39, 0.29) is 5.54 Å². The highest BCUT2D eigenvalue weighted by atomic mass is 16.5. The van der Waals surface area contributed by atoms with Crippen molar-refractivity contribution in [3.63, 3.8) is 0 Å². The number of anilines is 1. The van der Waals surface area contributed by atoms with Crippen LogP contribution in [0.5, 0.6) is 0 Å². The van der Waals surface area contributed by atoms with Crippen LogP contribution in [0, 0.1) is 6.57 Å². The Morgan fingerprint density at radius 1 is 1.10 bits per heavy atom. The summed E-state index contributed by atoms with van der Waals surface area (Å²) in [7, 11) is 0. The molecule has 2 aliphatic heterocycles. The number of aromatic nitrogens is 4. The number of benzene rings is 1. The quantitative estimate of drug-likeness (QED) is 0.627. The number of fused-ring (bicyclic) bond motifs is 1. The number of hydrogen-bond acceptors (Lipinski definition) is 5. The maximum atomic E-state index is 7.72. The normalized spacial score (nSPS) is 21.5. The zero-order chi connectivity index (χ0) is 20.3. The summed E-state index contributed by atoms with van der Waals surface area (Å²) in [5.41, 5.74) is 3.88. The molecule has 0 atom stereocenters. The predicted molar refractivity (Wildman–Crippen MR) is 114 cm³/mol. The first kappa shape index (κ1) is 17.9. The lowest BCUT2D eigenvalue weighted by molar-refractivity contribution is -0.131. The van der Waals surface area contributed by atoms with Crippen LogP contribution in [0.1, 0.15) is 25.8 Å². The van der Waals surface area contributed by atoms with Gasteiger partial charge in [-0.1, -0.05) is 0 Å². The van der Waals surface area contributed by atoms with E-state index < -0.39 is 0 Å². The largest absolute Gasteiger partial charge is 0.378 e. The number of piperazine rings is 1. The van der Waals surface area contributed by atoms with Crippen molar-refractivity contribution in [2.24, 2.45) is 0 Å². The Morgan fingerprint density at radius 2 is 1.90 bits per heavy atom. The third-order valence-corrected chi connectivity index (χ3v) is 6.75. The minimum Gasteiger partial charge on any atom is -0.378 e. The van der Waals surface area contributed by atoms with Gasteiger partial charge in [0.2, 0.25) is 5.69 Å². The molecule has 1 saturated carbocycles. The minimum atomic E-state index is 0.180. The maximum absolute atomic E-state index is 7.72. The van der Waals surface area contributed by atoms with E-state index in [0.29, 0.717) is 11.7 Å². The molecular formula is C22H25N7O. The molecule has 8 nitrogen and oxygen atoms in total. The molecule has 0 radical (unpaired) electrons. The Kier molecular flexibility index (Phi) is 3.92. The standard InChI is InChI=1S/C22H25N7O/c1-22(14-30-15-22)27-7-5-26(6-8-27)21-10-20-16(9-19(21)23-2)11-25-29(20)18-12-24-28(13-18)17-3-4-17/h9-13,17H,3-8,14-15H2,1H3. The van der Waals surface area contributed by atoms with Gasteiger partial charge in [0, 0.05) is 37.3 Å². The SMILES string of the molecule is [C-]#[N+]c1cc2cnn(-c3cnn(C4CC4)c3)c2cc1N1CCN(C2(C)COC2)CC1. The van der Waals surface area contributed by atoms with Gasteiger partial charge in [-0.2, -0.15) is 10.2 Å². The lowest BCUT2D eigenvalue weighted by atomic mass is 9.97. The number of rotatable bonds is 4. The van der Waals surface area contributed by atoms with Crippen molar-refractivity contribution in [3.8, 4) is 5.69 Å². The van der Waals surface area contributed by atoms with Gasteiger partial charge in [-0.3, -0.25) is 9.58 Å². The first-order valence-corrected chi connectivity index (χ1v) is 10.7. The van der Waals surface area contributed by atoms with Gasteiger partial charge in [-0.15, -0.1) is 0 Å². The Balaban J connectivity index is 1.32. The molecule has 154 valence electrons. The van der Waals surface area contributed by atoms with Gasteiger partial charge in [0.1, 0.15) is 5.69 Å². The molecular weight excluding hydrogens is 378 g/mol. The van der Waals surface area contributed by atoms with E-state index in [0.717, 1.165) is 61.7 Å². The molecule has 0 bridgehead atoms. The zero-order valence-corrected chi connectivity index (χ0v) is 17.2. The molecule has 1 aromatic carbocycles. The van der Waals surface area contributed by atoms with Crippen LogP contribution in [-0.4, -0.2) is 69.4 Å². The molecule has 0 unspecified atom stereocenters. The molecule has 4 heterocycles. The zero-order valence-electron chi connectivity index (χ0n) is 17.2. The first-order valence-electron chi connectivity index (χ1n) is 10.7. The fourth-order valence-electron chi connectivity index (χ4n) is 4.64. The van der Waals surface area contributed by atoms with Crippen LogP contribution in [0.15, 0.2) is 30.7 Å². The Hall–Kier alpha value is -2.89. The molecule has 2 saturated heterocycles. The van der Waals surface area contributed by atoms with E-state index in [2.05, 4.69) is 44.0 Å². The van der Waals surface area contributed by atoms with Gasteiger partial charge in [-0.05, 0) is 31.9 Å². The highest BCUT2D eigenvalue weighted by Crippen LogP contribution is 2.37. The van der Waals surface area contributed by atoms with Gasteiger partial charge in [0.15, 0.2) is 0 Å². The van der Waals surface area contributed by atoms with Gasteiger partial charge in [0.25, 0.3) is 0 Å². The summed E-state index contributed by atoms with van der Waals surface area (Å²) < 4.78 is 9.43. The summed E-state index contributed by atoms with van der Waals surface area (Å²) >= 11 is 0. The minimum absolute atomic E-state index is 0.180. The molecule has 1 aliphatic carbocycles. The monoisotopic (exact) mass is 403 g/mol. The number of ether oxygens (including phenoxy) is 1. The molecule has 3 aromatic rings. The van der Waals surface area contributed by atoms with Crippen molar-refractivity contribution in [3.05, 3.63) is 42.1 Å². The third-order valence-electron chi connectivity index (χ3n) is 6.75. The molecule has 6 rings (SSSR count). The van der Waals surface area contributed by atoms with Crippen LogP contribution in [0.25, 0.3) is 21.4 Å². The summed E-state index contributed by atoms with van der Waals surface area (Å²) in [6.45, 7) is 15.4. The average Bonchev–Trinajstić information content (AvgIpc) is 3.34. The lowest BCUT2D eigenvalue weighted by Crippen LogP contribution is -2.64. The molecule has 8 heteroatoms. The summed E-state index contributed by atoms with van der Waals surface area (Å²) in [6.07, 6.45) is 8.21. The van der Waals surface area contributed by atoms with Gasteiger partial charge in [-0.25, -0.2) is 9.53 Å². The van der Waals surface area contributed by atoms with Gasteiger partial charge >= 0.3 is 0 Å². The molecule has 2 aromatic heterocycles. The van der Waals surface area contributed by atoms with Crippen molar-refractivity contribution in [1.82, 2.24) is 24.5 Å². The second kappa shape index (κ2) is 6.56. The highest BCUT2D eigenvalue weighted by molar-refractivity contribution is 5.91. The van der Waals surface area contributed by atoms with E-state index in [1.54, 1.807) is 0 Å². The van der Waals surface area contributed by atoms with Crippen molar-refractivity contribution < 1.29 is 4.74 Å². The van der Waals surface area contributed by atoms with Gasteiger partial charge < -0.3 is 9.64 Å². The maximum Gasteiger partial charge on any atom is 0.210 e. The van der Waals surface area contributed by atoms with Crippen molar-refractivity contribution in [2.75, 3.05) is 44.3 Å². The summed E-state index contributed by atoms with van der Waals surface area (Å²) in [5.74, 6) is 0. The Labute approximate surface area is 175 Å². The van der Waals surface area contributed by atoms with Crippen LogP contribution in [0.3, 0.4) is 0 Å². The van der Waals surface area contributed by atoms with E-state index in [9.17, 15) is 0 Å². The molecule has 3 aliphatic rings. The summed E-state index contributed by atoms with van der Waals surface area (Å²) in [4.78, 5) is 8.70. The summed E-state index contributed by atoms with van der Waals surface area (Å²) in [5, 5.41) is 10.1. The van der Waals surface area contributed by atoms with Crippen molar-refractivity contribution >= 4 is 22.3 Å². The highest BCUT2D eigenvalue weighted by Gasteiger charge is 2.40. The third kappa shape index (κ3) is 2.81. The van der Waals surface area contributed by atoms with Crippen LogP contribution < -0.4 is 4.90 Å². The van der Waals surface area contributed by atoms with Crippen LogP contribution in [0.2, 0.25) is 0 Å². The Bertz CT molecular complexity index is 1140. The fraction of sp³-hybridized carbons (Fsp3) is 0.500. The predicted octanol–water partition coefficient (Wildman–Crippen LogP) is 3.02. The lowest BCUT2D eigenvalue weighted by Gasteiger charge is -2.50. The van der Waals surface area contributed by atoms with E-state index >= 15 is 0 Å². The molecule has 0 N–H and O–H groups in total. The average molecular weight is 403 g/mol. The fourth-order valence-corrected chi connectivity index (χ4v) is 4.64. The number of nitrogens with zero attached hydrogens (tertiary/aromatic N) is 7. The number of hydrogen-bond donors (Lipinski definition) is 0. The second-order valence-corrected chi connectivity index (χ2v) is 8.94. The van der Waals surface area contributed by atoms with Crippen molar-refractivity contribution in [2.45, 2.75) is 31.3 Å². The van der Waals surface area contributed by atoms with E-state index in [1.807, 2.05) is 27.8 Å². The second-order valence-electron chi connectivity index (χ2n) is 8.94. The smallest absolute Gasteiger partial charge is 0.210 e. The topological polar surface area (TPSA) is 55.7 Å².